The first-order chi connectivity index (χ1) is 9.99. The van der Waals surface area contributed by atoms with Gasteiger partial charge in [-0.05, 0) is 38.0 Å². The van der Waals surface area contributed by atoms with Crippen molar-refractivity contribution in [3.05, 3.63) is 28.8 Å². The third-order valence-electron chi connectivity index (χ3n) is 4.34. The summed E-state index contributed by atoms with van der Waals surface area (Å²) in [6.45, 7) is 3.02. The zero-order valence-electron chi connectivity index (χ0n) is 11.8. The maximum absolute atomic E-state index is 12.7. The fraction of sp³-hybridized carbons (Fsp3) is 0.467. The number of phenolic OH excluding ortho intramolecular Hbond substituents is 1. The third-order valence-corrected chi connectivity index (χ3v) is 4.58. The van der Waals surface area contributed by atoms with Gasteiger partial charge in [0.25, 0.3) is 5.91 Å². The number of halogens is 1. The Labute approximate surface area is 128 Å². The normalized spacial score (nSPS) is 25.1. The highest BCUT2D eigenvalue weighted by atomic mass is 35.5. The number of rotatable bonds is 1. The summed E-state index contributed by atoms with van der Waals surface area (Å²) in [6, 6.07) is 3.95. The summed E-state index contributed by atoms with van der Waals surface area (Å²) in [4.78, 5) is 28.4. The Morgan fingerprint density at radius 3 is 2.95 bits per heavy atom. The van der Waals surface area contributed by atoms with Crippen molar-refractivity contribution in [1.29, 1.82) is 0 Å². The molecular formula is C15H17ClN2O3. The number of fused-ring (bicyclic) bond motifs is 1. The molecule has 2 fully saturated rings. The molecule has 0 spiro atoms. The van der Waals surface area contributed by atoms with E-state index in [9.17, 15) is 14.7 Å². The van der Waals surface area contributed by atoms with Crippen molar-refractivity contribution >= 4 is 23.4 Å². The Balaban J connectivity index is 1.90. The summed E-state index contributed by atoms with van der Waals surface area (Å²) in [5.41, 5.74) is 0.147. The largest absolute Gasteiger partial charge is 0.507 e. The second-order valence-corrected chi connectivity index (χ2v) is 6.06. The topological polar surface area (TPSA) is 60.9 Å². The van der Waals surface area contributed by atoms with E-state index in [1.807, 2.05) is 4.90 Å². The zero-order chi connectivity index (χ0) is 15.1. The number of benzene rings is 1. The Hall–Kier alpha value is -1.75. The molecule has 0 radical (unpaired) electrons. The quantitative estimate of drug-likeness (QED) is 0.861. The number of nitrogens with zero attached hydrogens (tertiary/aromatic N) is 2. The van der Waals surface area contributed by atoms with Crippen LogP contribution in [0.3, 0.4) is 0 Å². The van der Waals surface area contributed by atoms with Crippen LogP contribution in [0, 0.1) is 0 Å². The Morgan fingerprint density at radius 1 is 1.43 bits per heavy atom. The fourth-order valence-electron chi connectivity index (χ4n) is 3.17. The first-order valence-corrected chi connectivity index (χ1v) is 7.47. The van der Waals surface area contributed by atoms with Gasteiger partial charge >= 0.3 is 0 Å². The summed E-state index contributed by atoms with van der Waals surface area (Å²) in [5, 5.41) is 10.3. The van der Waals surface area contributed by atoms with Gasteiger partial charge in [-0.15, -0.1) is 0 Å². The molecular weight excluding hydrogens is 292 g/mol. The van der Waals surface area contributed by atoms with E-state index in [2.05, 4.69) is 0 Å². The van der Waals surface area contributed by atoms with Gasteiger partial charge in [0.05, 0.1) is 5.56 Å². The molecule has 1 aromatic rings. The molecule has 2 aliphatic heterocycles. The molecule has 5 nitrogen and oxygen atoms in total. The van der Waals surface area contributed by atoms with Gasteiger partial charge in [0.2, 0.25) is 5.91 Å². The van der Waals surface area contributed by atoms with E-state index in [4.69, 9.17) is 11.6 Å². The third kappa shape index (κ3) is 2.35. The molecule has 0 aliphatic carbocycles. The molecule has 2 amide bonds. The molecule has 3 rings (SSSR count). The highest BCUT2D eigenvalue weighted by Gasteiger charge is 2.42. The summed E-state index contributed by atoms with van der Waals surface area (Å²) in [5.74, 6) is -0.473. The maximum Gasteiger partial charge on any atom is 0.258 e. The van der Waals surface area contributed by atoms with E-state index in [0.29, 0.717) is 11.6 Å². The van der Waals surface area contributed by atoms with Gasteiger partial charge in [-0.25, -0.2) is 0 Å². The average molecular weight is 309 g/mol. The van der Waals surface area contributed by atoms with E-state index in [1.54, 1.807) is 11.8 Å². The smallest absolute Gasteiger partial charge is 0.258 e. The van der Waals surface area contributed by atoms with Gasteiger partial charge < -0.3 is 14.9 Å². The average Bonchev–Trinajstić information content (AvgIpc) is 2.93. The maximum atomic E-state index is 12.7. The molecule has 2 atom stereocenters. The predicted molar refractivity (Wildman–Crippen MR) is 78.4 cm³/mol. The van der Waals surface area contributed by atoms with E-state index in [1.165, 1.54) is 18.2 Å². The van der Waals surface area contributed by atoms with Crippen molar-refractivity contribution in [1.82, 2.24) is 9.80 Å². The first kappa shape index (κ1) is 14.2. The Morgan fingerprint density at radius 2 is 2.19 bits per heavy atom. The molecule has 2 saturated heterocycles. The molecule has 21 heavy (non-hydrogen) atoms. The van der Waals surface area contributed by atoms with Crippen molar-refractivity contribution in [3.63, 3.8) is 0 Å². The van der Waals surface area contributed by atoms with Gasteiger partial charge in [0.15, 0.2) is 0 Å². The van der Waals surface area contributed by atoms with Crippen LogP contribution in [0.4, 0.5) is 0 Å². The van der Waals surface area contributed by atoms with Gasteiger partial charge in [-0.3, -0.25) is 9.59 Å². The second kappa shape index (κ2) is 5.22. The van der Waals surface area contributed by atoms with E-state index < -0.39 is 6.04 Å². The summed E-state index contributed by atoms with van der Waals surface area (Å²) >= 11 is 5.90. The molecule has 0 aromatic heterocycles. The number of piperazine rings is 1. The van der Waals surface area contributed by atoms with Crippen molar-refractivity contribution in [2.45, 2.75) is 31.8 Å². The Bertz CT molecular complexity index is 605. The predicted octanol–water partition coefficient (Wildman–Crippen LogP) is 1.88. The molecule has 2 heterocycles. The van der Waals surface area contributed by atoms with Gasteiger partial charge in [0.1, 0.15) is 11.8 Å². The number of aromatic hydroxyl groups is 1. The minimum Gasteiger partial charge on any atom is -0.507 e. The van der Waals surface area contributed by atoms with Crippen molar-refractivity contribution < 1.29 is 14.7 Å². The fourth-order valence-corrected chi connectivity index (χ4v) is 3.34. The number of amides is 2. The molecule has 112 valence electrons. The van der Waals surface area contributed by atoms with Crippen LogP contribution in [0.5, 0.6) is 5.75 Å². The van der Waals surface area contributed by atoms with Crippen molar-refractivity contribution in [2.24, 2.45) is 0 Å². The highest BCUT2D eigenvalue weighted by Crippen LogP contribution is 2.29. The monoisotopic (exact) mass is 308 g/mol. The number of hydrogen-bond donors (Lipinski definition) is 1. The Kier molecular flexibility index (Phi) is 3.53. The van der Waals surface area contributed by atoms with E-state index in [0.717, 1.165) is 19.4 Å². The molecule has 0 unspecified atom stereocenters. The first-order valence-electron chi connectivity index (χ1n) is 7.09. The summed E-state index contributed by atoms with van der Waals surface area (Å²) in [7, 11) is 0. The lowest BCUT2D eigenvalue weighted by atomic mass is 10.0. The van der Waals surface area contributed by atoms with Crippen LogP contribution in [-0.4, -0.2) is 51.9 Å². The number of hydrogen-bond acceptors (Lipinski definition) is 3. The molecule has 1 aromatic carbocycles. The summed E-state index contributed by atoms with van der Waals surface area (Å²) < 4.78 is 0. The summed E-state index contributed by atoms with van der Waals surface area (Å²) in [6.07, 6.45) is 1.90. The molecule has 6 heteroatoms. The standard InChI is InChI=1S/C15H17ClN2O3/c1-9-14(20)17-6-2-3-11(17)8-18(9)15(21)12-7-10(16)4-5-13(12)19/h4-5,7,9,11,19H,2-3,6,8H2,1H3/t9-,11+/m0/s1. The number of phenols is 1. The molecule has 0 saturated carbocycles. The number of carbonyl (C=O) groups is 2. The highest BCUT2D eigenvalue weighted by molar-refractivity contribution is 6.31. The SMILES string of the molecule is C[C@H]1C(=O)N2CCC[C@@H]2CN1C(=O)c1cc(Cl)ccc1O. The lowest BCUT2D eigenvalue weighted by Crippen LogP contribution is -2.60. The molecule has 0 bridgehead atoms. The van der Waals surface area contributed by atoms with Crippen LogP contribution in [0.2, 0.25) is 5.02 Å². The molecule has 1 N–H and O–H groups in total. The van der Waals surface area contributed by atoms with Crippen LogP contribution >= 0.6 is 11.6 Å². The number of carbonyl (C=O) groups excluding carboxylic acids is 2. The lowest BCUT2D eigenvalue weighted by molar-refractivity contribution is -0.141. The van der Waals surface area contributed by atoms with Gasteiger partial charge in [-0.1, -0.05) is 11.6 Å². The molecule has 2 aliphatic rings. The minimum atomic E-state index is -0.509. The van der Waals surface area contributed by atoms with E-state index in [-0.39, 0.29) is 29.2 Å². The zero-order valence-corrected chi connectivity index (χ0v) is 12.5. The van der Waals surface area contributed by atoms with Gasteiger partial charge in [0, 0.05) is 24.2 Å². The van der Waals surface area contributed by atoms with Crippen LogP contribution in [0.1, 0.15) is 30.1 Å². The van der Waals surface area contributed by atoms with Crippen molar-refractivity contribution in [3.8, 4) is 5.75 Å². The van der Waals surface area contributed by atoms with Crippen LogP contribution in [0.25, 0.3) is 0 Å². The van der Waals surface area contributed by atoms with Crippen LogP contribution in [-0.2, 0) is 4.79 Å². The van der Waals surface area contributed by atoms with Crippen LogP contribution < -0.4 is 0 Å². The van der Waals surface area contributed by atoms with Crippen LogP contribution in [0.15, 0.2) is 18.2 Å². The van der Waals surface area contributed by atoms with E-state index >= 15 is 0 Å². The van der Waals surface area contributed by atoms with Gasteiger partial charge in [-0.2, -0.15) is 0 Å². The second-order valence-electron chi connectivity index (χ2n) is 5.62. The van der Waals surface area contributed by atoms with Crippen molar-refractivity contribution in [2.75, 3.05) is 13.1 Å². The minimum absolute atomic E-state index is 0.0152. The lowest BCUT2D eigenvalue weighted by Gasteiger charge is -2.41.